The zero-order chi connectivity index (χ0) is 7.23. The summed E-state index contributed by atoms with van der Waals surface area (Å²) >= 11 is 1.75. The van der Waals surface area contributed by atoms with E-state index in [9.17, 15) is 0 Å². The zero-order valence-electron chi connectivity index (χ0n) is 5.71. The van der Waals surface area contributed by atoms with Crippen molar-refractivity contribution in [1.29, 1.82) is 0 Å². The molecule has 1 heteroatoms. The smallest absolute Gasteiger partial charge is 0.0158 e. The molecule has 0 amide bonds. The Morgan fingerprint density at radius 1 is 1.60 bits per heavy atom. The molecule has 0 aliphatic heterocycles. The summed E-state index contributed by atoms with van der Waals surface area (Å²) in [5, 5.41) is 0. The second kappa shape index (κ2) is 4.18. The molecule has 0 nitrogen and oxygen atoms in total. The lowest BCUT2D eigenvalue weighted by Gasteiger charge is -1.93. The fourth-order valence-corrected chi connectivity index (χ4v) is 1.24. The first-order valence-corrected chi connectivity index (χ1v) is 4.12. The van der Waals surface area contributed by atoms with Crippen LogP contribution in [0.4, 0.5) is 0 Å². The van der Waals surface area contributed by atoms with E-state index < -0.39 is 0 Å². The first-order chi connectivity index (χ1) is 4.93. The van der Waals surface area contributed by atoms with Crippen molar-refractivity contribution in [3.8, 4) is 0 Å². The lowest BCUT2D eigenvalue weighted by Crippen LogP contribution is -1.71. The summed E-state index contributed by atoms with van der Waals surface area (Å²) in [6.45, 7) is 3.64. The van der Waals surface area contributed by atoms with E-state index in [1.807, 2.05) is 30.3 Å². The van der Waals surface area contributed by atoms with E-state index in [2.05, 4.69) is 12.6 Å². The van der Waals surface area contributed by atoms with Crippen molar-refractivity contribution in [2.24, 2.45) is 0 Å². The SMILES string of the molecule is C=CCSc1[c]cccc1. The van der Waals surface area contributed by atoms with Gasteiger partial charge < -0.3 is 0 Å². The standard InChI is InChI=1S/C9H9S/c1-2-8-10-9-6-4-3-5-7-9/h2-6H,1,8H2. The minimum atomic E-state index is 0.959. The van der Waals surface area contributed by atoms with Crippen LogP contribution in [0.15, 0.2) is 41.8 Å². The normalized spacial score (nSPS) is 9.20. The summed E-state index contributed by atoms with van der Waals surface area (Å²) in [5.41, 5.74) is 0. The van der Waals surface area contributed by atoms with Crippen molar-refractivity contribution in [3.63, 3.8) is 0 Å². The highest BCUT2D eigenvalue weighted by atomic mass is 32.2. The molecule has 0 fully saturated rings. The predicted molar refractivity (Wildman–Crippen MR) is 46.2 cm³/mol. The summed E-state index contributed by atoms with van der Waals surface area (Å²) in [4.78, 5) is 1.18. The lowest BCUT2D eigenvalue weighted by molar-refractivity contribution is 1.44. The highest BCUT2D eigenvalue weighted by Crippen LogP contribution is 2.15. The molecule has 0 saturated heterocycles. The first-order valence-electron chi connectivity index (χ1n) is 3.14. The van der Waals surface area contributed by atoms with Gasteiger partial charge in [0.05, 0.1) is 0 Å². The van der Waals surface area contributed by atoms with Gasteiger partial charge in [-0.25, -0.2) is 0 Å². The van der Waals surface area contributed by atoms with Crippen molar-refractivity contribution in [1.82, 2.24) is 0 Å². The fourth-order valence-electron chi connectivity index (χ4n) is 0.615. The van der Waals surface area contributed by atoms with Gasteiger partial charge in [0.2, 0.25) is 0 Å². The van der Waals surface area contributed by atoms with Crippen LogP contribution in [0.5, 0.6) is 0 Å². The summed E-state index contributed by atoms with van der Waals surface area (Å²) in [6, 6.07) is 11.1. The van der Waals surface area contributed by atoms with Crippen molar-refractivity contribution in [2.75, 3.05) is 5.75 Å². The summed E-state index contributed by atoms with van der Waals surface area (Å²) in [6.07, 6.45) is 1.89. The van der Waals surface area contributed by atoms with Gasteiger partial charge >= 0.3 is 0 Å². The molecule has 0 unspecified atom stereocenters. The van der Waals surface area contributed by atoms with E-state index in [1.165, 1.54) is 4.90 Å². The summed E-state index contributed by atoms with van der Waals surface area (Å²) < 4.78 is 0. The van der Waals surface area contributed by atoms with Crippen LogP contribution in [-0.4, -0.2) is 5.75 Å². The van der Waals surface area contributed by atoms with Crippen LogP contribution in [0.3, 0.4) is 0 Å². The van der Waals surface area contributed by atoms with Crippen molar-refractivity contribution >= 4 is 11.8 Å². The molecule has 0 aliphatic rings. The Labute approximate surface area is 66.0 Å². The van der Waals surface area contributed by atoms with Gasteiger partial charge in [0.25, 0.3) is 0 Å². The average molecular weight is 149 g/mol. The third-order valence-electron chi connectivity index (χ3n) is 1.04. The molecular formula is C9H9S. The Bertz CT molecular complexity index is 191. The Hall–Kier alpha value is -0.690. The van der Waals surface area contributed by atoms with Gasteiger partial charge in [-0.05, 0) is 12.1 Å². The Morgan fingerprint density at radius 2 is 2.50 bits per heavy atom. The van der Waals surface area contributed by atoms with Crippen molar-refractivity contribution in [2.45, 2.75) is 4.90 Å². The monoisotopic (exact) mass is 149 g/mol. The summed E-state index contributed by atoms with van der Waals surface area (Å²) in [5.74, 6) is 0.959. The molecule has 1 aromatic carbocycles. The molecule has 0 saturated carbocycles. The van der Waals surface area contributed by atoms with E-state index in [-0.39, 0.29) is 0 Å². The molecule has 0 spiro atoms. The van der Waals surface area contributed by atoms with Gasteiger partial charge in [0.15, 0.2) is 0 Å². The maximum atomic E-state index is 3.64. The van der Waals surface area contributed by atoms with Crippen LogP contribution < -0.4 is 0 Å². The molecule has 1 aromatic rings. The number of thioether (sulfide) groups is 1. The maximum Gasteiger partial charge on any atom is 0.0158 e. The molecule has 0 heterocycles. The van der Waals surface area contributed by atoms with Crippen molar-refractivity contribution < 1.29 is 0 Å². The van der Waals surface area contributed by atoms with Gasteiger partial charge in [-0.15, -0.1) is 18.3 Å². The molecule has 51 valence electrons. The van der Waals surface area contributed by atoms with Crippen molar-refractivity contribution in [3.05, 3.63) is 43.0 Å². The van der Waals surface area contributed by atoms with E-state index in [1.54, 1.807) is 11.8 Å². The molecule has 0 aliphatic carbocycles. The predicted octanol–water partition coefficient (Wildman–Crippen LogP) is 2.76. The lowest BCUT2D eigenvalue weighted by atomic mass is 10.4. The van der Waals surface area contributed by atoms with E-state index >= 15 is 0 Å². The minimum Gasteiger partial charge on any atom is -0.121 e. The Kier molecular flexibility index (Phi) is 3.10. The number of rotatable bonds is 3. The largest absolute Gasteiger partial charge is 0.121 e. The minimum absolute atomic E-state index is 0.959. The summed E-state index contributed by atoms with van der Waals surface area (Å²) in [7, 11) is 0. The maximum absolute atomic E-state index is 3.64. The van der Waals surface area contributed by atoms with Gasteiger partial charge in [0, 0.05) is 10.6 Å². The van der Waals surface area contributed by atoms with E-state index in [4.69, 9.17) is 0 Å². The third-order valence-corrected chi connectivity index (χ3v) is 2.00. The number of benzene rings is 1. The van der Waals surface area contributed by atoms with Gasteiger partial charge in [-0.2, -0.15) is 0 Å². The van der Waals surface area contributed by atoms with Crippen LogP contribution >= 0.6 is 11.8 Å². The molecule has 0 bridgehead atoms. The van der Waals surface area contributed by atoms with Gasteiger partial charge in [0.1, 0.15) is 0 Å². The quantitative estimate of drug-likeness (QED) is 0.470. The fraction of sp³-hybridized carbons (Fsp3) is 0.111. The average Bonchev–Trinajstić information content (AvgIpc) is 2.03. The Balaban J connectivity index is 2.50. The van der Waals surface area contributed by atoms with Crippen LogP contribution in [0, 0.1) is 6.07 Å². The molecule has 1 rings (SSSR count). The van der Waals surface area contributed by atoms with Gasteiger partial charge in [-0.3, -0.25) is 0 Å². The highest BCUT2D eigenvalue weighted by molar-refractivity contribution is 7.99. The van der Waals surface area contributed by atoms with Crippen LogP contribution in [-0.2, 0) is 0 Å². The topological polar surface area (TPSA) is 0 Å². The van der Waals surface area contributed by atoms with Crippen LogP contribution in [0.25, 0.3) is 0 Å². The highest BCUT2D eigenvalue weighted by Gasteiger charge is 1.86. The van der Waals surface area contributed by atoms with E-state index in [0.717, 1.165) is 5.75 Å². The number of hydrogen-bond donors (Lipinski definition) is 0. The number of hydrogen-bond acceptors (Lipinski definition) is 1. The third kappa shape index (κ3) is 2.28. The second-order valence-electron chi connectivity index (χ2n) is 1.83. The Morgan fingerprint density at radius 3 is 3.10 bits per heavy atom. The van der Waals surface area contributed by atoms with Crippen LogP contribution in [0.2, 0.25) is 0 Å². The van der Waals surface area contributed by atoms with Gasteiger partial charge in [-0.1, -0.05) is 24.3 Å². The van der Waals surface area contributed by atoms with Crippen LogP contribution in [0.1, 0.15) is 0 Å². The molecule has 10 heavy (non-hydrogen) atoms. The molecule has 0 N–H and O–H groups in total. The molecule has 1 radical (unpaired) electrons. The molecule has 0 aromatic heterocycles. The zero-order valence-corrected chi connectivity index (χ0v) is 6.53. The second-order valence-corrected chi connectivity index (χ2v) is 2.89. The molecule has 0 atom stereocenters. The molecular weight excluding hydrogens is 140 g/mol. The first kappa shape index (κ1) is 7.42. The van der Waals surface area contributed by atoms with E-state index in [0.29, 0.717) is 0 Å².